The van der Waals surface area contributed by atoms with E-state index in [1.54, 1.807) is 18.8 Å². The lowest BCUT2D eigenvalue weighted by Gasteiger charge is -2.09. The van der Waals surface area contributed by atoms with Gasteiger partial charge in [-0.1, -0.05) is 30.8 Å². The van der Waals surface area contributed by atoms with E-state index in [1.165, 1.54) is 16.3 Å². The zero-order chi connectivity index (χ0) is 17.3. The SMILES string of the molecule is Cc1cccc(NC(=O)CSc2nc3c(c(=O)n2C)S[C@H](C)C3)c1. The largest absolute Gasteiger partial charge is 0.325 e. The fourth-order valence-electron chi connectivity index (χ4n) is 2.55. The zero-order valence-electron chi connectivity index (χ0n) is 13.8. The summed E-state index contributed by atoms with van der Waals surface area (Å²) in [6.07, 6.45) is 0.805. The van der Waals surface area contributed by atoms with E-state index in [2.05, 4.69) is 17.2 Å². The van der Waals surface area contributed by atoms with Crippen molar-refractivity contribution in [3.05, 3.63) is 45.9 Å². The van der Waals surface area contributed by atoms with Gasteiger partial charge in [-0.15, -0.1) is 11.8 Å². The van der Waals surface area contributed by atoms with E-state index in [-0.39, 0.29) is 17.2 Å². The Morgan fingerprint density at radius 3 is 3.04 bits per heavy atom. The van der Waals surface area contributed by atoms with Crippen molar-refractivity contribution in [1.29, 1.82) is 0 Å². The molecule has 1 amide bonds. The van der Waals surface area contributed by atoms with E-state index >= 15 is 0 Å². The Morgan fingerprint density at radius 2 is 2.29 bits per heavy atom. The molecular weight excluding hydrogens is 342 g/mol. The highest BCUT2D eigenvalue weighted by Gasteiger charge is 2.25. The van der Waals surface area contributed by atoms with Crippen molar-refractivity contribution in [2.75, 3.05) is 11.1 Å². The van der Waals surface area contributed by atoms with Gasteiger partial charge >= 0.3 is 0 Å². The molecule has 126 valence electrons. The number of rotatable bonds is 4. The van der Waals surface area contributed by atoms with Gasteiger partial charge in [0.1, 0.15) is 0 Å². The van der Waals surface area contributed by atoms with Crippen LogP contribution < -0.4 is 10.9 Å². The summed E-state index contributed by atoms with van der Waals surface area (Å²) in [7, 11) is 1.71. The Bertz CT molecular complexity index is 848. The van der Waals surface area contributed by atoms with Crippen LogP contribution in [0.5, 0.6) is 0 Å². The number of amides is 1. The average molecular weight is 361 g/mol. The number of fused-ring (bicyclic) bond motifs is 1. The van der Waals surface area contributed by atoms with Crippen molar-refractivity contribution in [1.82, 2.24) is 9.55 Å². The van der Waals surface area contributed by atoms with E-state index in [9.17, 15) is 9.59 Å². The van der Waals surface area contributed by atoms with Gasteiger partial charge in [0.05, 0.1) is 16.3 Å². The van der Waals surface area contributed by atoms with Gasteiger partial charge in [0.25, 0.3) is 5.56 Å². The van der Waals surface area contributed by atoms with Crippen molar-refractivity contribution in [3.63, 3.8) is 0 Å². The normalized spacial score (nSPS) is 16.0. The summed E-state index contributed by atoms with van der Waals surface area (Å²) >= 11 is 2.87. The minimum Gasteiger partial charge on any atom is -0.325 e. The molecule has 1 atom stereocenters. The third-order valence-corrected chi connectivity index (χ3v) is 5.96. The van der Waals surface area contributed by atoms with Gasteiger partial charge in [-0.25, -0.2) is 4.98 Å². The highest BCUT2D eigenvalue weighted by Crippen LogP contribution is 2.33. The molecule has 0 bridgehead atoms. The molecule has 1 aliphatic heterocycles. The molecule has 3 rings (SSSR count). The van der Waals surface area contributed by atoms with Gasteiger partial charge in [-0.05, 0) is 24.6 Å². The van der Waals surface area contributed by atoms with Gasteiger partial charge in [0.2, 0.25) is 5.91 Å². The molecule has 1 N–H and O–H groups in total. The molecule has 0 saturated heterocycles. The number of carbonyl (C=O) groups excluding carboxylic acids is 1. The quantitative estimate of drug-likeness (QED) is 0.670. The molecule has 0 spiro atoms. The van der Waals surface area contributed by atoms with Crippen molar-refractivity contribution in [2.24, 2.45) is 7.05 Å². The van der Waals surface area contributed by atoms with Crippen LogP contribution in [-0.2, 0) is 18.3 Å². The first-order chi connectivity index (χ1) is 11.4. The average Bonchev–Trinajstić information content (AvgIpc) is 2.90. The van der Waals surface area contributed by atoms with Crippen LogP contribution in [0.3, 0.4) is 0 Å². The number of aromatic nitrogens is 2. The standard InChI is InChI=1S/C17H19N3O2S2/c1-10-5-4-6-12(7-10)18-14(21)9-23-17-19-13-8-11(2)24-15(13)16(22)20(17)3/h4-7,11H,8-9H2,1-3H3,(H,18,21)/t11-/m1/s1. The number of aryl methyl sites for hydroxylation is 1. The van der Waals surface area contributed by atoms with Crippen molar-refractivity contribution in [3.8, 4) is 0 Å². The number of hydrogen-bond acceptors (Lipinski definition) is 5. The van der Waals surface area contributed by atoms with Crippen LogP contribution in [0, 0.1) is 6.92 Å². The van der Waals surface area contributed by atoms with Gasteiger partial charge in [-0.2, -0.15) is 0 Å². The molecule has 0 unspecified atom stereocenters. The van der Waals surface area contributed by atoms with Crippen LogP contribution in [0.25, 0.3) is 0 Å². The molecule has 0 fully saturated rings. The minimum atomic E-state index is -0.108. The second-order valence-corrected chi connectivity index (χ2v) is 8.26. The fourth-order valence-corrected chi connectivity index (χ4v) is 4.48. The van der Waals surface area contributed by atoms with Crippen molar-refractivity contribution < 1.29 is 4.79 Å². The van der Waals surface area contributed by atoms with Gasteiger partial charge < -0.3 is 5.32 Å². The molecule has 2 aromatic rings. The van der Waals surface area contributed by atoms with Crippen molar-refractivity contribution in [2.45, 2.75) is 35.6 Å². The van der Waals surface area contributed by atoms with E-state index in [0.717, 1.165) is 28.3 Å². The van der Waals surface area contributed by atoms with E-state index in [1.807, 2.05) is 31.2 Å². The summed E-state index contributed by atoms with van der Waals surface area (Å²) in [5.41, 5.74) is 2.71. The number of nitrogens with zero attached hydrogens (tertiary/aromatic N) is 2. The lowest BCUT2D eigenvalue weighted by atomic mass is 10.2. The lowest BCUT2D eigenvalue weighted by molar-refractivity contribution is -0.113. The van der Waals surface area contributed by atoms with Crippen LogP contribution in [0.2, 0.25) is 0 Å². The maximum Gasteiger partial charge on any atom is 0.267 e. The number of anilines is 1. The van der Waals surface area contributed by atoms with Crippen LogP contribution >= 0.6 is 23.5 Å². The Labute approximate surface area is 149 Å². The Morgan fingerprint density at radius 1 is 1.50 bits per heavy atom. The summed E-state index contributed by atoms with van der Waals surface area (Å²) in [6.45, 7) is 4.07. The van der Waals surface area contributed by atoms with Gasteiger partial charge in [-0.3, -0.25) is 14.2 Å². The van der Waals surface area contributed by atoms with Crippen molar-refractivity contribution >= 4 is 35.1 Å². The maximum atomic E-state index is 12.4. The summed E-state index contributed by atoms with van der Waals surface area (Å²) in [5.74, 6) is 0.110. The molecule has 1 aromatic heterocycles. The third-order valence-electron chi connectivity index (χ3n) is 3.71. The fraction of sp³-hybridized carbons (Fsp3) is 0.353. The zero-order valence-corrected chi connectivity index (χ0v) is 15.5. The summed E-state index contributed by atoms with van der Waals surface area (Å²) in [4.78, 5) is 29.8. The maximum absolute atomic E-state index is 12.4. The highest BCUT2D eigenvalue weighted by molar-refractivity contribution is 8.00. The summed E-state index contributed by atoms with van der Waals surface area (Å²) < 4.78 is 1.54. The van der Waals surface area contributed by atoms with Crippen LogP contribution in [0.15, 0.2) is 39.1 Å². The first-order valence-corrected chi connectivity index (χ1v) is 9.56. The van der Waals surface area contributed by atoms with Crippen LogP contribution in [0.1, 0.15) is 18.2 Å². The van der Waals surface area contributed by atoms with E-state index < -0.39 is 0 Å². The predicted molar refractivity (Wildman–Crippen MR) is 99.0 cm³/mol. The minimum absolute atomic E-state index is 0.0176. The lowest BCUT2D eigenvalue weighted by Crippen LogP contribution is -2.23. The first-order valence-electron chi connectivity index (χ1n) is 7.70. The molecule has 7 heteroatoms. The molecule has 24 heavy (non-hydrogen) atoms. The summed E-state index contributed by atoms with van der Waals surface area (Å²) in [6, 6.07) is 7.67. The number of nitrogens with one attached hydrogen (secondary N) is 1. The Kier molecular flexibility index (Phi) is 5.01. The molecule has 2 heterocycles. The molecule has 5 nitrogen and oxygen atoms in total. The second kappa shape index (κ2) is 7.03. The number of thioether (sulfide) groups is 2. The Balaban J connectivity index is 1.69. The highest BCUT2D eigenvalue weighted by atomic mass is 32.2. The molecule has 0 aliphatic carbocycles. The molecule has 1 aromatic carbocycles. The number of hydrogen-bond donors (Lipinski definition) is 1. The smallest absolute Gasteiger partial charge is 0.267 e. The van der Waals surface area contributed by atoms with Crippen LogP contribution in [0.4, 0.5) is 5.69 Å². The molecule has 1 aliphatic rings. The molecule has 0 saturated carbocycles. The van der Waals surface area contributed by atoms with Gasteiger partial charge in [0, 0.05) is 24.4 Å². The number of carbonyl (C=O) groups is 1. The van der Waals surface area contributed by atoms with E-state index in [0.29, 0.717) is 10.4 Å². The Hall–Kier alpha value is -1.73. The first kappa shape index (κ1) is 17.1. The van der Waals surface area contributed by atoms with Crippen LogP contribution in [-0.4, -0.2) is 26.5 Å². The third kappa shape index (κ3) is 3.67. The molecule has 0 radical (unpaired) electrons. The monoisotopic (exact) mass is 361 g/mol. The second-order valence-electron chi connectivity index (χ2n) is 5.87. The van der Waals surface area contributed by atoms with E-state index in [4.69, 9.17) is 0 Å². The number of benzene rings is 1. The summed E-state index contributed by atoms with van der Waals surface area (Å²) in [5, 5.41) is 3.84. The van der Waals surface area contributed by atoms with Gasteiger partial charge in [0.15, 0.2) is 5.16 Å². The molecular formula is C17H19N3O2S2. The predicted octanol–water partition coefficient (Wildman–Crippen LogP) is 2.86. The topological polar surface area (TPSA) is 64.0 Å².